The Morgan fingerprint density at radius 2 is 2.33 bits per heavy atom. The van der Waals surface area contributed by atoms with Crippen LogP contribution < -0.4 is 15.7 Å². The van der Waals surface area contributed by atoms with Crippen LogP contribution in [0.25, 0.3) is 10.3 Å². The molecule has 0 aliphatic carbocycles. The van der Waals surface area contributed by atoms with Gasteiger partial charge in [0.25, 0.3) is 10.7 Å². The molecule has 2 unspecified atom stereocenters. The standard InChI is InChI=1S/C16H16N6O6S2/c1-7(24)18-14-19-11-10(12(25)20-14)30-15(26)22(11)13-9(4-8(5-23)27-13)28-16(29)21-3-2-17-6-21/h2-3,6,8-9,13,23H,4-5H2,1H3,(H2,18,19,20,24,25)/t8?,9-,13?/m1/s1. The first kappa shape index (κ1) is 20.3. The van der Waals surface area contributed by atoms with Crippen molar-refractivity contribution in [3.8, 4) is 0 Å². The maximum absolute atomic E-state index is 12.7. The maximum atomic E-state index is 12.7. The molecular formula is C16H16N6O6S2. The first-order valence-electron chi connectivity index (χ1n) is 8.75. The predicted molar refractivity (Wildman–Crippen MR) is 110 cm³/mol. The minimum atomic E-state index is -0.996. The van der Waals surface area contributed by atoms with E-state index in [2.05, 4.69) is 20.3 Å². The third kappa shape index (κ3) is 3.77. The highest BCUT2D eigenvalue weighted by Crippen LogP contribution is 2.33. The van der Waals surface area contributed by atoms with E-state index in [9.17, 15) is 19.5 Å². The topological polar surface area (TPSA) is 153 Å². The summed E-state index contributed by atoms with van der Waals surface area (Å²) in [6.45, 7) is 0.966. The van der Waals surface area contributed by atoms with Gasteiger partial charge in [-0.3, -0.25) is 33.8 Å². The summed E-state index contributed by atoms with van der Waals surface area (Å²) in [5.74, 6) is -0.541. The largest absolute Gasteiger partial charge is 0.462 e. The number of aliphatic hydroxyl groups is 1. The first-order chi connectivity index (χ1) is 14.4. The molecule has 0 saturated carbocycles. The molecule has 1 fully saturated rings. The summed E-state index contributed by atoms with van der Waals surface area (Å²) < 4.78 is 14.4. The number of thiazole rings is 1. The molecular weight excluding hydrogens is 436 g/mol. The molecule has 4 heterocycles. The Labute approximate surface area is 177 Å². The second-order valence-electron chi connectivity index (χ2n) is 6.45. The Morgan fingerprint density at radius 3 is 3.00 bits per heavy atom. The lowest BCUT2D eigenvalue weighted by molar-refractivity contribution is -0.114. The molecule has 1 aliphatic heterocycles. The van der Waals surface area contributed by atoms with Crippen LogP contribution in [0.4, 0.5) is 5.95 Å². The molecule has 30 heavy (non-hydrogen) atoms. The molecule has 12 nitrogen and oxygen atoms in total. The van der Waals surface area contributed by atoms with E-state index >= 15 is 0 Å². The van der Waals surface area contributed by atoms with Gasteiger partial charge < -0.3 is 14.6 Å². The van der Waals surface area contributed by atoms with Gasteiger partial charge in [-0.25, -0.2) is 4.98 Å². The van der Waals surface area contributed by atoms with Gasteiger partial charge in [0.05, 0.1) is 12.7 Å². The van der Waals surface area contributed by atoms with E-state index < -0.39 is 34.8 Å². The molecule has 0 aromatic carbocycles. The number of aliphatic hydroxyl groups excluding tert-OH is 1. The molecule has 0 spiro atoms. The van der Waals surface area contributed by atoms with E-state index in [0.29, 0.717) is 11.3 Å². The number of anilines is 1. The third-order valence-electron chi connectivity index (χ3n) is 4.34. The number of nitrogens with zero attached hydrogens (tertiary/aromatic N) is 4. The first-order valence-corrected chi connectivity index (χ1v) is 9.98. The molecule has 1 aliphatic rings. The molecule has 4 rings (SSSR count). The Balaban J connectivity index is 1.76. The van der Waals surface area contributed by atoms with Gasteiger partial charge in [0, 0.05) is 25.7 Å². The highest BCUT2D eigenvalue weighted by Gasteiger charge is 2.40. The van der Waals surface area contributed by atoms with Crippen molar-refractivity contribution in [2.24, 2.45) is 0 Å². The van der Waals surface area contributed by atoms with Gasteiger partial charge in [-0.05, 0) is 12.2 Å². The number of carbonyl (C=O) groups excluding carboxylic acids is 1. The smallest absolute Gasteiger partial charge is 0.311 e. The molecule has 3 aromatic rings. The average Bonchev–Trinajstić information content (AvgIpc) is 3.40. The Hall–Kier alpha value is -2.94. The molecule has 0 radical (unpaired) electrons. The summed E-state index contributed by atoms with van der Waals surface area (Å²) in [5, 5.41) is 12.0. The number of ether oxygens (including phenoxy) is 2. The number of nitrogens with one attached hydrogen (secondary N) is 2. The molecule has 3 atom stereocenters. The number of aromatic nitrogens is 5. The van der Waals surface area contributed by atoms with Gasteiger partial charge in [-0.15, -0.1) is 0 Å². The Morgan fingerprint density at radius 1 is 1.53 bits per heavy atom. The van der Waals surface area contributed by atoms with Crippen LogP contribution in [0.5, 0.6) is 0 Å². The fourth-order valence-electron chi connectivity index (χ4n) is 3.10. The zero-order valence-corrected chi connectivity index (χ0v) is 17.1. The highest BCUT2D eigenvalue weighted by atomic mass is 32.1. The predicted octanol–water partition coefficient (Wildman–Crippen LogP) is -0.201. The van der Waals surface area contributed by atoms with E-state index in [4.69, 9.17) is 21.7 Å². The van der Waals surface area contributed by atoms with Gasteiger partial charge in [0.1, 0.15) is 17.1 Å². The third-order valence-corrected chi connectivity index (χ3v) is 5.59. The Kier molecular flexibility index (Phi) is 5.46. The quantitative estimate of drug-likeness (QED) is 0.457. The molecule has 14 heteroatoms. The molecule has 3 aromatic heterocycles. The second-order valence-corrected chi connectivity index (χ2v) is 7.76. The zero-order chi connectivity index (χ0) is 21.4. The van der Waals surface area contributed by atoms with Crippen LogP contribution in [-0.2, 0) is 14.3 Å². The summed E-state index contributed by atoms with van der Waals surface area (Å²) in [7, 11) is 0. The molecule has 3 N–H and O–H groups in total. The molecule has 0 bridgehead atoms. The van der Waals surface area contributed by atoms with E-state index in [1.165, 1.54) is 28.6 Å². The number of H-pyrrole nitrogens is 1. The van der Waals surface area contributed by atoms with Crippen molar-refractivity contribution in [1.82, 2.24) is 24.1 Å². The van der Waals surface area contributed by atoms with Crippen LogP contribution in [0.15, 0.2) is 28.3 Å². The number of hydrogen-bond donors (Lipinski definition) is 3. The molecule has 158 valence electrons. The number of imidazole rings is 1. The van der Waals surface area contributed by atoms with Gasteiger partial charge in [0.15, 0.2) is 11.9 Å². The van der Waals surface area contributed by atoms with Gasteiger partial charge in [-0.2, -0.15) is 4.98 Å². The summed E-state index contributed by atoms with van der Waals surface area (Å²) in [4.78, 5) is 46.4. The van der Waals surface area contributed by atoms with Gasteiger partial charge in [0.2, 0.25) is 11.9 Å². The number of aromatic amines is 1. The number of hydrogen-bond acceptors (Lipinski definition) is 10. The lowest BCUT2D eigenvalue weighted by Gasteiger charge is -2.21. The van der Waals surface area contributed by atoms with Crippen LogP contribution in [0, 0.1) is 0 Å². The van der Waals surface area contributed by atoms with Crippen LogP contribution in [-0.4, -0.2) is 59.1 Å². The summed E-state index contributed by atoms with van der Waals surface area (Å²) in [5.41, 5.74) is -0.545. The van der Waals surface area contributed by atoms with Crippen molar-refractivity contribution in [3.05, 3.63) is 38.7 Å². The zero-order valence-electron chi connectivity index (χ0n) is 15.5. The number of thiocarbonyl (C=S) groups is 1. The SMILES string of the molecule is CC(=O)Nc1nc2c(sc(=O)n2C2OC(CO)C[C@H]2OC(=S)n2ccnc2)c(=O)[nH]1. The average molecular weight is 452 g/mol. The van der Waals surface area contributed by atoms with Crippen molar-refractivity contribution >= 4 is 50.9 Å². The van der Waals surface area contributed by atoms with Crippen molar-refractivity contribution in [3.63, 3.8) is 0 Å². The van der Waals surface area contributed by atoms with E-state index in [1.54, 1.807) is 6.20 Å². The summed E-state index contributed by atoms with van der Waals surface area (Å²) in [6.07, 6.45) is 2.51. The van der Waals surface area contributed by atoms with Crippen molar-refractivity contribution in [2.45, 2.75) is 31.8 Å². The number of rotatable bonds is 4. The fraction of sp³-hybridized carbons (Fsp3) is 0.375. The van der Waals surface area contributed by atoms with E-state index in [1.807, 2.05) is 0 Å². The molecule has 1 saturated heterocycles. The molecule has 1 amide bonds. The van der Waals surface area contributed by atoms with Crippen LogP contribution >= 0.6 is 23.6 Å². The number of carbonyl (C=O) groups is 1. The van der Waals surface area contributed by atoms with Crippen molar-refractivity contribution in [2.75, 3.05) is 11.9 Å². The minimum Gasteiger partial charge on any atom is -0.462 e. The van der Waals surface area contributed by atoms with Crippen LogP contribution in [0.2, 0.25) is 0 Å². The van der Waals surface area contributed by atoms with E-state index in [-0.39, 0.29) is 34.5 Å². The van der Waals surface area contributed by atoms with Crippen molar-refractivity contribution < 1.29 is 19.4 Å². The van der Waals surface area contributed by atoms with Crippen molar-refractivity contribution in [1.29, 1.82) is 0 Å². The lowest BCUT2D eigenvalue weighted by atomic mass is 10.2. The summed E-state index contributed by atoms with van der Waals surface area (Å²) in [6, 6.07) is 0. The normalized spacial score (nSPS) is 21.1. The fourth-order valence-corrected chi connectivity index (χ4v) is 4.18. The monoisotopic (exact) mass is 452 g/mol. The van der Waals surface area contributed by atoms with Gasteiger partial charge >= 0.3 is 4.87 Å². The maximum Gasteiger partial charge on any atom is 0.311 e. The van der Waals surface area contributed by atoms with Crippen LogP contribution in [0.1, 0.15) is 19.6 Å². The van der Waals surface area contributed by atoms with Crippen LogP contribution in [0.3, 0.4) is 0 Å². The van der Waals surface area contributed by atoms with Gasteiger partial charge in [-0.1, -0.05) is 11.3 Å². The Bertz CT molecular complexity index is 1220. The minimum absolute atomic E-state index is 0.0308. The highest BCUT2D eigenvalue weighted by molar-refractivity contribution is 7.80. The van der Waals surface area contributed by atoms with E-state index in [0.717, 1.165) is 0 Å². The number of amides is 1. The lowest BCUT2D eigenvalue weighted by Crippen LogP contribution is -2.31. The number of fused-ring (bicyclic) bond motifs is 1. The second kappa shape index (κ2) is 8.06. The summed E-state index contributed by atoms with van der Waals surface area (Å²) >= 11 is 5.96.